The maximum Gasteiger partial charge on any atom is 0.387 e. The highest BCUT2D eigenvalue weighted by molar-refractivity contribution is 8.26. The first kappa shape index (κ1) is 24.1. The van der Waals surface area contributed by atoms with Crippen molar-refractivity contribution in [3.8, 4) is 5.75 Å². The quantitative estimate of drug-likeness (QED) is 0.225. The molecule has 1 aliphatic rings. The zero-order valence-electron chi connectivity index (χ0n) is 16.0. The molecule has 1 aliphatic heterocycles. The number of ether oxygens (including phenoxy) is 1. The van der Waals surface area contributed by atoms with Gasteiger partial charge in [0.2, 0.25) is 5.91 Å². The molecule has 0 aromatic heterocycles. The minimum atomic E-state index is -3.02. The Morgan fingerprint density at radius 2 is 1.84 bits per heavy atom. The molecular weight excluding hydrogens is 488 g/mol. The average molecular weight is 503 g/mol. The summed E-state index contributed by atoms with van der Waals surface area (Å²) in [4.78, 5) is 26.6. The van der Waals surface area contributed by atoms with E-state index in [9.17, 15) is 27.2 Å². The van der Waals surface area contributed by atoms with E-state index >= 15 is 0 Å². The van der Waals surface area contributed by atoms with E-state index in [0.717, 1.165) is 16.7 Å². The predicted octanol–water partition coefficient (Wildman–Crippen LogP) is 5.44. The van der Waals surface area contributed by atoms with Gasteiger partial charge in [0, 0.05) is 16.1 Å². The number of alkyl halides is 4. The molecule has 0 radical (unpaired) electrons. The topological polar surface area (TPSA) is 58.6 Å². The van der Waals surface area contributed by atoms with Gasteiger partial charge in [-0.3, -0.25) is 14.5 Å². The van der Waals surface area contributed by atoms with Gasteiger partial charge in [-0.25, -0.2) is 0 Å². The number of thiocarbonyl (C=S) groups is 1. The van der Waals surface area contributed by atoms with E-state index in [4.69, 9.17) is 12.2 Å². The third-order valence-corrected chi connectivity index (χ3v) is 6.06. The van der Waals surface area contributed by atoms with Gasteiger partial charge in [-0.05, 0) is 36.4 Å². The van der Waals surface area contributed by atoms with Gasteiger partial charge < -0.3 is 10.1 Å². The fourth-order valence-corrected chi connectivity index (χ4v) is 4.39. The lowest BCUT2D eigenvalue weighted by atomic mass is 10.2. The van der Waals surface area contributed by atoms with Crippen molar-refractivity contribution in [3.63, 3.8) is 0 Å². The number of thioether (sulfide) groups is 2. The van der Waals surface area contributed by atoms with E-state index in [2.05, 4.69) is 10.1 Å². The summed E-state index contributed by atoms with van der Waals surface area (Å²) in [7, 11) is 0. The SMILES string of the molecule is O=C(CN1C(=O)C(=Cc2ccccc2OC(F)F)SC1=S)Nc1ccc(SC(F)F)cc1. The molecule has 0 unspecified atom stereocenters. The van der Waals surface area contributed by atoms with Crippen molar-refractivity contribution in [1.29, 1.82) is 0 Å². The molecule has 0 aliphatic carbocycles. The fraction of sp³-hybridized carbons (Fsp3) is 0.150. The smallest absolute Gasteiger partial charge is 0.387 e. The molecular formula is C20H14F4N2O3S3. The molecule has 1 N–H and O–H groups in total. The van der Waals surface area contributed by atoms with Crippen LogP contribution in [0.15, 0.2) is 58.3 Å². The Hall–Kier alpha value is -2.57. The van der Waals surface area contributed by atoms with Gasteiger partial charge in [0.05, 0.1) is 4.91 Å². The van der Waals surface area contributed by atoms with Crippen molar-refractivity contribution in [2.75, 3.05) is 11.9 Å². The van der Waals surface area contributed by atoms with Crippen LogP contribution in [0.1, 0.15) is 5.56 Å². The molecule has 2 aromatic carbocycles. The second-order valence-electron chi connectivity index (χ2n) is 6.14. The van der Waals surface area contributed by atoms with Crippen LogP contribution in [0.3, 0.4) is 0 Å². The summed E-state index contributed by atoms with van der Waals surface area (Å²) >= 11 is 6.49. The van der Waals surface area contributed by atoms with Gasteiger partial charge in [0.25, 0.3) is 11.7 Å². The molecule has 1 heterocycles. The Morgan fingerprint density at radius 3 is 2.50 bits per heavy atom. The van der Waals surface area contributed by atoms with Crippen molar-refractivity contribution in [3.05, 3.63) is 59.0 Å². The van der Waals surface area contributed by atoms with Gasteiger partial charge in [-0.1, -0.05) is 53.9 Å². The summed E-state index contributed by atoms with van der Waals surface area (Å²) in [6, 6.07) is 11.8. The largest absolute Gasteiger partial charge is 0.434 e. The first-order valence-corrected chi connectivity index (χ1v) is 11.0. The number of halogens is 4. The molecule has 0 spiro atoms. The number of benzene rings is 2. The van der Waals surface area contributed by atoms with Crippen LogP contribution < -0.4 is 10.1 Å². The Bertz CT molecular complexity index is 1050. The van der Waals surface area contributed by atoms with Gasteiger partial charge in [-0.2, -0.15) is 17.6 Å². The highest BCUT2D eigenvalue weighted by atomic mass is 32.2. The van der Waals surface area contributed by atoms with Gasteiger partial charge in [0.15, 0.2) is 0 Å². The molecule has 0 atom stereocenters. The van der Waals surface area contributed by atoms with Crippen LogP contribution in [0.4, 0.5) is 23.2 Å². The Morgan fingerprint density at radius 1 is 1.16 bits per heavy atom. The molecule has 12 heteroatoms. The second-order valence-corrected chi connectivity index (χ2v) is 8.87. The van der Waals surface area contributed by atoms with Gasteiger partial charge in [-0.15, -0.1) is 0 Å². The minimum Gasteiger partial charge on any atom is -0.434 e. The molecule has 2 aromatic rings. The number of para-hydroxylation sites is 1. The summed E-state index contributed by atoms with van der Waals surface area (Å²) in [5.41, 5.74) is 0.632. The van der Waals surface area contributed by atoms with Crippen LogP contribution in [0.2, 0.25) is 0 Å². The highest BCUT2D eigenvalue weighted by Gasteiger charge is 2.33. The molecule has 32 heavy (non-hydrogen) atoms. The van der Waals surface area contributed by atoms with Crippen LogP contribution in [-0.4, -0.2) is 39.9 Å². The van der Waals surface area contributed by atoms with E-state index in [1.54, 1.807) is 6.07 Å². The highest BCUT2D eigenvalue weighted by Crippen LogP contribution is 2.34. The van der Waals surface area contributed by atoms with Crippen LogP contribution in [0.25, 0.3) is 6.08 Å². The normalized spacial score (nSPS) is 15.2. The number of anilines is 1. The molecule has 0 bridgehead atoms. The fourth-order valence-electron chi connectivity index (χ4n) is 2.64. The zero-order chi connectivity index (χ0) is 23.3. The van der Waals surface area contributed by atoms with Crippen molar-refractivity contribution < 1.29 is 31.9 Å². The van der Waals surface area contributed by atoms with Crippen LogP contribution in [-0.2, 0) is 9.59 Å². The lowest BCUT2D eigenvalue weighted by molar-refractivity contribution is -0.126. The standard InChI is InChI=1S/C20H14F4N2O3S3/c21-18(22)29-14-4-2-1-3-11(14)9-15-17(28)26(20(30)32-15)10-16(27)25-12-5-7-13(8-6-12)31-19(23)24/h1-9,18-19H,10H2,(H,25,27). The minimum absolute atomic E-state index is 0.0982. The van der Waals surface area contributed by atoms with Crippen molar-refractivity contribution >= 4 is 63.6 Å². The van der Waals surface area contributed by atoms with E-state index in [-0.39, 0.29) is 27.1 Å². The molecule has 1 saturated heterocycles. The summed E-state index contributed by atoms with van der Waals surface area (Å²) < 4.78 is 54.5. The van der Waals surface area contributed by atoms with E-state index in [1.807, 2.05) is 0 Å². The van der Waals surface area contributed by atoms with E-state index in [0.29, 0.717) is 22.3 Å². The average Bonchev–Trinajstić information content (AvgIpc) is 2.97. The van der Waals surface area contributed by atoms with Crippen molar-refractivity contribution in [2.24, 2.45) is 0 Å². The third-order valence-electron chi connectivity index (χ3n) is 3.96. The molecule has 168 valence electrons. The number of rotatable bonds is 8. The number of carbonyl (C=O) groups is 2. The molecule has 0 saturated carbocycles. The summed E-state index contributed by atoms with van der Waals surface area (Å²) in [6.07, 6.45) is 1.37. The Kier molecular flexibility index (Phi) is 8.15. The summed E-state index contributed by atoms with van der Waals surface area (Å²) in [5, 5.41) is 2.56. The third kappa shape index (κ3) is 6.47. The molecule has 2 amide bonds. The van der Waals surface area contributed by atoms with Gasteiger partial charge in [0.1, 0.15) is 16.6 Å². The van der Waals surface area contributed by atoms with Crippen LogP contribution >= 0.6 is 35.7 Å². The first-order chi connectivity index (χ1) is 15.2. The van der Waals surface area contributed by atoms with Gasteiger partial charge >= 0.3 is 6.61 Å². The second kappa shape index (κ2) is 10.8. The number of carbonyl (C=O) groups excluding carboxylic acids is 2. The van der Waals surface area contributed by atoms with Crippen molar-refractivity contribution in [2.45, 2.75) is 17.3 Å². The predicted molar refractivity (Wildman–Crippen MR) is 120 cm³/mol. The Balaban J connectivity index is 1.66. The summed E-state index contributed by atoms with van der Waals surface area (Å²) in [5.74, 6) is -3.74. The number of amides is 2. The number of hydrogen-bond donors (Lipinski definition) is 1. The number of nitrogens with zero attached hydrogens (tertiary/aromatic N) is 1. The summed E-state index contributed by atoms with van der Waals surface area (Å²) in [6.45, 7) is -3.39. The lowest BCUT2D eigenvalue weighted by Crippen LogP contribution is -2.36. The molecule has 5 nitrogen and oxygen atoms in total. The monoisotopic (exact) mass is 502 g/mol. The Labute approximate surface area is 194 Å². The number of nitrogens with one attached hydrogen (secondary N) is 1. The van der Waals surface area contributed by atoms with E-state index in [1.165, 1.54) is 48.5 Å². The van der Waals surface area contributed by atoms with E-state index < -0.39 is 24.2 Å². The van der Waals surface area contributed by atoms with Crippen LogP contribution in [0.5, 0.6) is 5.75 Å². The number of hydrogen-bond acceptors (Lipinski definition) is 6. The lowest BCUT2D eigenvalue weighted by Gasteiger charge is -2.14. The first-order valence-electron chi connectivity index (χ1n) is 8.87. The molecule has 3 rings (SSSR count). The molecule has 1 fully saturated rings. The maximum absolute atomic E-state index is 12.7. The maximum atomic E-state index is 12.7. The van der Waals surface area contributed by atoms with Crippen LogP contribution in [0, 0.1) is 0 Å². The van der Waals surface area contributed by atoms with Crippen molar-refractivity contribution in [1.82, 2.24) is 4.90 Å². The zero-order valence-corrected chi connectivity index (χ0v) is 18.4.